The SMILES string of the molecule is O=C(NNC(=O)C1CC1)Nc1ccc(Cl)c(Cl)c1. The number of urea groups is 1. The van der Waals surface area contributed by atoms with Crippen molar-refractivity contribution < 1.29 is 9.59 Å². The van der Waals surface area contributed by atoms with Gasteiger partial charge in [-0.1, -0.05) is 23.2 Å². The maximum atomic E-state index is 11.4. The number of anilines is 1. The lowest BCUT2D eigenvalue weighted by molar-refractivity contribution is -0.122. The fraction of sp³-hybridized carbons (Fsp3) is 0.273. The van der Waals surface area contributed by atoms with Gasteiger partial charge in [0.1, 0.15) is 0 Å². The summed E-state index contributed by atoms with van der Waals surface area (Å²) in [4.78, 5) is 22.7. The molecule has 0 unspecified atom stereocenters. The van der Waals surface area contributed by atoms with Gasteiger partial charge < -0.3 is 5.32 Å². The third-order valence-corrected chi connectivity index (χ3v) is 3.16. The molecule has 0 bridgehead atoms. The highest BCUT2D eigenvalue weighted by atomic mass is 35.5. The van der Waals surface area contributed by atoms with Crippen LogP contribution in [-0.2, 0) is 4.79 Å². The summed E-state index contributed by atoms with van der Waals surface area (Å²) in [6.07, 6.45) is 1.75. The summed E-state index contributed by atoms with van der Waals surface area (Å²) < 4.78 is 0. The Morgan fingerprint density at radius 2 is 1.83 bits per heavy atom. The largest absolute Gasteiger partial charge is 0.337 e. The molecule has 0 heterocycles. The lowest BCUT2D eigenvalue weighted by Gasteiger charge is -2.09. The molecule has 18 heavy (non-hydrogen) atoms. The van der Waals surface area contributed by atoms with Gasteiger partial charge >= 0.3 is 6.03 Å². The second-order valence-electron chi connectivity index (χ2n) is 3.97. The van der Waals surface area contributed by atoms with Crippen LogP contribution in [-0.4, -0.2) is 11.9 Å². The molecule has 96 valence electrons. The number of benzene rings is 1. The van der Waals surface area contributed by atoms with Crippen molar-refractivity contribution in [1.29, 1.82) is 0 Å². The molecule has 0 spiro atoms. The van der Waals surface area contributed by atoms with Crippen LogP contribution in [0.15, 0.2) is 18.2 Å². The summed E-state index contributed by atoms with van der Waals surface area (Å²) in [7, 11) is 0. The van der Waals surface area contributed by atoms with E-state index in [0.717, 1.165) is 12.8 Å². The Kier molecular flexibility index (Phi) is 3.93. The molecule has 5 nitrogen and oxygen atoms in total. The smallest absolute Gasteiger partial charge is 0.307 e. The first-order valence-corrected chi connectivity index (χ1v) is 6.14. The van der Waals surface area contributed by atoms with Crippen molar-refractivity contribution in [3.63, 3.8) is 0 Å². The van der Waals surface area contributed by atoms with Crippen molar-refractivity contribution in [1.82, 2.24) is 10.9 Å². The quantitative estimate of drug-likeness (QED) is 0.732. The molecule has 1 saturated carbocycles. The Morgan fingerprint density at radius 3 is 2.44 bits per heavy atom. The first-order chi connectivity index (χ1) is 8.56. The van der Waals surface area contributed by atoms with Crippen LogP contribution in [0.2, 0.25) is 10.0 Å². The first-order valence-electron chi connectivity index (χ1n) is 5.38. The monoisotopic (exact) mass is 287 g/mol. The number of nitrogens with one attached hydrogen (secondary N) is 3. The molecule has 0 radical (unpaired) electrons. The molecule has 1 aromatic carbocycles. The van der Waals surface area contributed by atoms with E-state index in [-0.39, 0.29) is 11.8 Å². The van der Waals surface area contributed by atoms with E-state index < -0.39 is 6.03 Å². The lowest BCUT2D eigenvalue weighted by atomic mass is 10.3. The molecule has 2 rings (SSSR count). The van der Waals surface area contributed by atoms with Crippen molar-refractivity contribution in [2.45, 2.75) is 12.8 Å². The highest BCUT2D eigenvalue weighted by Crippen LogP contribution is 2.28. The van der Waals surface area contributed by atoms with Crippen LogP contribution >= 0.6 is 23.2 Å². The predicted octanol–water partition coefficient (Wildman–Crippen LogP) is 2.56. The van der Waals surface area contributed by atoms with E-state index in [2.05, 4.69) is 16.2 Å². The Hall–Kier alpha value is -1.46. The summed E-state index contributed by atoms with van der Waals surface area (Å²) in [6, 6.07) is 4.16. The van der Waals surface area contributed by atoms with Gasteiger partial charge in [0.05, 0.1) is 10.0 Å². The Morgan fingerprint density at radius 1 is 1.11 bits per heavy atom. The van der Waals surface area contributed by atoms with Gasteiger partial charge in [-0.3, -0.25) is 10.2 Å². The molecular weight excluding hydrogens is 277 g/mol. The molecule has 1 aliphatic rings. The van der Waals surface area contributed by atoms with Crippen LogP contribution in [0.5, 0.6) is 0 Å². The van der Waals surface area contributed by atoms with Crippen LogP contribution in [0.4, 0.5) is 10.5 Å². The van der Waals surface area contributed by atoms with E-state index in [1.165, 1.54) is 6.07 Å². The van der Waals surface area contributed by atoms with Gasteiger partial charge in [0, 0.05) is 11.6 Å². The fourth-order valence-electron chi connectivity index (χ4n) is 1.30. The lowest BCUT2D eigenvalue weighted by Crippen LogP contribution is -2.44. The Balaban J connectivity index is 1.82. The molecule has 0 aliphatic heterocycles. The van der Waals surface area contributed by atoms with Gasteiger partial charge in [0.2, 0.25) is 5.91 Å². The number of halogens is 2. The number of rotatable bonds is 2. The van der Waals surface area contributed by atoms with Crippen molar-refractivity contribution in [3.8, 4) is 0 Å². The zero-order chi connectivity index (χ0) is 13.1. The summed E-state index contributed by atoms with van der Waals surface area (Å²) in [5, 5.41) is 3.27. The molecule has 3 N–H and O–H groups in total. The van der Waals surface area contributed by atoms with Crippen LogP contribution in [0.3, 0.4) is 0 Å². The van der Waals surface area contributed by atoms with E-state index in [4.69, 9.17) is 23.2 Å². The number of hydrogen-bond acceptors (Lipinski definition) is 2. The highest BCUT2D eigenvalue weighted by Gasteiger charge is 2.29. The van der Waals surface area contributed by atoms with Crippen molar-refractivity contribution in [2.75, 3.05) is 5.32 Å². The van der Waals surface area contributed by atoms with E-state index in [9.17, 15) is 9.59 Å². The predicted molar refractivity (Wildman–Crippen MR) is 69.5 cm³/mol. The van der Waals surface area contributed by atoms with Crippen LogP contribution in [0, 0.1) is 5.92 Å². The van der Waals surface area contributed by atoms with Gasteiger partial charge in [-0.25, -0.2) is 10.2 Å². The third kappa shape index (κ3) is 3.51. The molecular formula is C11H11Cl2N3O2. The number of carbonyl (C=O) groups excluding carboxylic acids is 2. The molecule has 0 atom stereocenters. The second-order valence-corrected chi connectivity index (χ2v) is 4.79. The summed E-state index contributed by atoms with van der Waals surface area (Å²) in [5.41, 5.74) is 5.08. The van der Waals surface area contributed by atoms with Crippen molar-refractivity contribution in [2.24, 2.45) is 5.92 Å². The number of carbonyl (C=O) groups is 2. The van der Waals surface area contributed by atoms with Crippen molar-refractivity contribution in [3.05, 3.63) is 28.2 Å². The summed E-state index contributed by atoms with van der Waals surface area (Å²) in [6.45, 7) is 0. The van der Waals surface area contributed by atoms with E-state index in [1.54, 1.807) is 12.1 Å². The van der Waals surface area contributed by atoms with Gasteiger partial charge in [-0.05, 0) is 31.0 Å². The average molecular weight is 288 g/mol. The third-order valence-electron chi connectivity index (χ3n) is 2.42. The minimum Gasteiger partial charge on any atom is -0.307 e. The maximum Gasteiger partial charge on any atom is 0.337 e. The van der Waals surface area contributed by atoms with E-state index >= 15 is 0 Å². The van der Waals surface area contributed by atoms with E-state index in [1.807, 2.05) is 0 Å². The second kappa shape index (κ2) is 5.46. The van der Waals surface area contributed by atoms with E-state index in [0.29, 0.717) is 15.7 Å². The van der Waals surface area contributed by atoms with Crippen LogP contribution in [0.25, 0.3) is 0 Å². The fourth-order valence-corrected chi connectivity index (χ4v) is 1.60. The molecule has 0 aromatic heterocycles. The minimum atomic E-state index is -0.539. The molecule has 3 amide bonds. The Labute approximate surface area is 114 Å². The molecule has 1 aliphatic carbocycles. The van der Waals surface area contributed by atoms with Gasteiger partial charge in [0.15, 0.2) is 0 Å². The number of hydrogen-bond donors (Lipinski definition) is 3. The van der Waals surface area contributed by atoms with Crippen LogP contribution in [0.1, 0.15) is 12.8 Å². The zero-order valence-corrected chi connectivity index (χ0v) is 10.8. The number of amides is 3. The normalized spacial score (nSPS) is 13.9. The number of hydrazine groups is 1. The Bertz CT molecular complexity index is 489. The van der Waals surface area contributed by atoms with Crippen molar-refractivity contribution >= 4 is 40.8 Å². The molecule has 0 saturated heterocycles. The minimum absolute atomic E-state index is 0.0373. The molecule has 1 fully saturated rings. The van der Waals surface area contributed by atoms with Gasteiger partial charge in [-0.15, -0.1) is 0 Å². The maximum absolute atomic E-state index is 11.4. The van der Waals surface area contributed by atoms with Gasteiger partial charge in [-0.2, -0.15) is 0 Å². The molecule has 7 heteroatoms. The average Bonchev–Trinajstić information content (AvgIpc) is 3.15. The zero-order valence-electron chi connectivity index (χ0n) is 9.30. The van der Waals surface area contributed by atoms with Crippen LogP contribution < -0.4 is 16.2 Å². The summed E-state index contributed by atoms with van der Waals surface area (Å²) >= 11 is 11.5. The summed E-state index contributed by atoms with van der Waals surface area (Å²) in [5.74, 6) is -0.130. The molecule has 1 aromatic rings. The first kappa shape index (κ1) is 13.0. The standard InChI is InChI=1S/C11H11Cl2N3O2/c12-8-4-3-7(5-9(8)13)14-11(18)16-15-10(17)6-1-2-6/h3-6H,1-2H2,(H,15,17)(H2,14,16,18). The van der Waals surface area contributed by atoms with Gasteiger partial charge in [0.25, 0.3) is 0 Å². The highest BCUT2D eigenvalue weighted by molar-refractivity contribution is 6.42. The topological polar surface area (TPSA) is 70.2 Å².